The van der Waals surface area contributed by atoms with Crippen molar-refractivity contribution < 1.29 is 9.53 Å². The maximum Gasteiger partial charge on any atom is 0.360 e. The summed E-state index contributed by atoms with van der Waals surface area (Å²) in [6.45, 7) is 0.789. The third-order valence-corrected chi connectivity index (χ3v) is 3.78. The van der Waals surface area contributed by atoms with Crippen LogP contribution in [-0.4, -0.2) is 34.6 Å². The molecule has 1 heterocycles. The summed E-state index contributed by atoms with van der Waals surface area (Å²) in [5.41, 5.74) is 7.30. The number of aromatic nitrogens is 3. The second kappa shape index (κ2) is 7.02. The van der Waals surface area contributed by atoms with Gasteiger partial charge in [0.2, 0.25) is 0 Å². The second-order valence-electron chi connectivity index (χ2n) is 4.31. The predicted octanol–water partition coefficient (Wildman–Crippen LogP) is 2.03. The molecule has 8 heteroatoms. The van der Waals surface area contributed by atoms with Crippen LogP contribution in [0.3, 0.4) is 0 Å². The Labute approximate surface area is 135 Å². The van der Waals surface area contributed by atoms with Gasteiger partial charge in [-0.2, -0.15) is 0 Å². The lowest BCUT2D eigenvalue weighted by atomic mass is 10.2. The first-order valence-corrected chi connectivity index (χ1v) is 7.38. The van der Waals surface area contributed by atoms with Gasteiger partial charge in [-0.3, -0.25) is 0 Å². The quantitative estimate of drug-likeness (QED) is 0.811. The molecule has 0 aliphatic carbocycles. The first-order valence-electron chi connectivity index (χ1n) is 6.21. The Kier molecular flexibility index (Phi) is 5.33. The van der Waals surface area contributed by atoms with Gasteiger partial charge in [0.15, 0.2) is 5.69 Å². The van der Waals surface area contributed by atoms with Gasteiger partial charge < -0.3 is 10.5 Å². The number of esters is 1. The Morgan fingerprint density at radius 2 is 2.29 bits per heavy atom. The molecular formula is C13H14BrClN4O2. The SMILES string of the molecule is COC(=O)c1nnn(Cc2ccc(Br)cc2Cl)c1CCN. The summed E-state index contributed by atoms with van der Waals surface area (Å²) in [6, 6.07) is 5.58. The number of hydrogen-bond acceptors (Lipinski definition) is 5. The molecule has 0 aliphatic rings. The van der Waals surface area contributed by atoms with Gasteiger partial charge in [0.25, 0.3) is 0 Å². The van der Waals surface area contributed by atoms with Crippen molar-refractivity contribution in [2.75, 3.05) is 13.7 Å². The van der Waals surface area contributed by atoms with Crippen LogP contribution in [0.25, 0.3) is 0 Å². The molecule has 2 aromatic rings. The van der Waals surface area contributed by atoms with E-state index in [0.717, 1.165) is 10.0 Å². The van der Waals surface area contributed by atoms with Crippen LogP contribution in [-0.2, 0) is 17.7 Å². The fourth-order valence-corrected chi connectivity index (χ4v) is 2.64. The minimum atomic E-state index is -0.522. The zero-order chi connectivity index (χ0) is 15.4. The molecule has 0 atom stereocenters. The van der Waals surface area contributed by atoms with E-state index in [1.807, 2.05) is 12.1 Å². The molecule has 0 saturated heterocycles. The summed E-state index contributed by atoms with van der Waals surface area (Å²) in [7, 11) is 1.30. The third-order valence-electron chi connectivity index (χ3n) is 2.93. The predicted molar refractivity (Wildman–Crippen MR) is 82.4 cm³/mol. The fourth-order valence-electron chi connectivity index (χ4n) is 1.91. The van der Waals surface area contributed by atoms with Crippen molar-refractivity contribution in [3.8, 4) is 0 Å². The molecule has 2 rings (SSSR count). The lowest BCUT2D eigenvalue weighted by molar-refractivity contribution is 0.0592. The van der Waals surface area contributed by atoms with Gasteiger partial charge in [-0.1, -0.05) is 38.8 Å². The summed E-state index contributed by atoms with van der Waals surface area (Å²) in [4.78, 5) is 11.7. The highest BCUT2D eigenvalue weighted by Gasteiger charge is 2.20. The van der Waals surface area contributed by atoms with Crippen LogP contribution in [0.4, 0.5) is 0 Å². The molecule has 0 amide bonds. The first kappa shape index (κ1) is 15.9. The van der Waals surface area contributed by atoms with E-state index >= 15 is 0 Å². The maximum absolute atomic E-state index is 11.7. The number of ether oxygens (including phenoxy) is 1. The smallest absolute Gasteiger partial charge is 0.360 e. The average Bonchev–Trinajstić information content (AvgIpc) is 2.84. The van der Waals surface area contributed by atoms with Gasteiger partial charge >= 0.3 is 5.97 Å². The molecule has 0 unspecified atom stereocenters. The minimum absolute atomic E-state index is 0.191. The lowest BCUT2D eigenvalue weighted by Crippen LogP contribution is -2.15. The highest BCUT2D eigenvalue weighted by Crippen LogP contribution is 2.22. The number of nitrogens with zero attached hydrogens (tertiary/aromatic N) is 3. The van der Waals surface area contributed by atoms with Crippen LogP contribution in [0.2, 0.25) is 5.02 Å². The van der Waals surface area contributed by atoms with Crippen LogP contribution in [0.15, 0.2) is 22.7 Å². The number of methoxy groups -OCH3 is 1. The number of rotatable bonds is 5. The third kappa shape index (κ3) is 3.61. The largest absolute Gasteiger partial charge is 0.464 e. The van der Waals surface area contributed by atoms with Gasteiger partial charge in [-0.25, -0.2) is 9.48 Å². The highest BCUT2D eigenvalue weighted by molar-refractivity contribution is 9.10. The van der Waals surface area contributed by atoms with Crippen molar-refractivity contribution in [3.63, 3.8) is 0 Å². The summed E-state index contributed by atoms with van der Waals surface area (Å²) >= 11 is 9.55. The Morgan fingerprint density at radius 3 is 2.90 bits per heavy atom. The highest BCUT2D eigenvalue weighted by atomic mass is 79.9. The Bertz CT molecular complexity index is 660. The molecule has 0 radical (unpaired) electrons. The van der Waals surface area contributed by atoms with Crippen molar-refractivity contribution in [2.45, 2.75) is 13.0 Å². The number of hydrogen-bond donors (Lipinski definition) is 1. The summed E-state index contributed by atoms with van der Waals surface area (Å²) in [6.07, 6.45) is 0.478. The molecule has 0 saturated carbocycles. The van der Waals surface area contributed by atoms with Crippen LogP contribution < -0.4 is 5.73 Å². The molecule has 0 spiro atoms. The fraction of sp³-hybridized carbons (Fsp3) is 0.308. The standard InChI is InChI=1S/C13H14BrClN4O2/c1-21-13(20)12-11(4-5-16)19(18-17-12)7-8-2-3-9(14)6-10(8)15/h2-3,6H,4-5,7,16H2,1H3. The van der Waals surface area contributed by atoms with E-state index in [0.29, 0.717) is 30.2 Å². The zero-order valence-corrected chi connectivity index (χ0v) is 13.7. The molecule has 1 aromatic carbocycles. The summed E-state index contributed by atoms with van der Waals surface area (Å²) in [5.74, 6) is -0.522. The zero-order valence-electron chi connectivity index (χ0n) is 11.3. The van der Waals surface area contributed by atoms with Gasteiger partial charge in [0.05, 0.1) is 19.3 Å². The molecule has 2 N–H and O–H groups in total. The van der Waals surface area contributed by atoms with Crippen LogP contribution in [0, 0.1) is 0 Å². The minimum Gasteiger partial charge on any atom is -0.464 e. The van der Waals surface area contributed by atoms with Crippen molar-refractivity contribution in [3.05, 3.63) is 44.6 Å². The lowest BCUT2D eigenvalue weighted by Gasteiger charge is -2.08. The molecule has 0 fully saturated rings. The van der Waals surface area contributed by atoms with Crippen molar-refractivity contribution in [2.24, 2.45) is 5.73 Å². The number of benzene rings is 1. The van der Waals surface area contributed by atoms with Gasteiger partial charge in [-0.15, -0.1) is 5.10 Å². The van der Waals surface area contributed by atoms with E-state index in [1.54, 1.807) is 10.7 Å². The van der Waals surface area contributed by atoms with E-state index in [2.05, 4.69) is 26.2 Å². The second-order valence-corrected chi connectivity index (χ2v) is 5.63. The average molecular weight is 374 g/mol. The molecule has 1 aromatic heterocycles. The Hall–Kier alpha value is -1.44. The summed E-state index contributed by atoms with van der Waals surface area (Å²) in [5, 5.41) is 8.49. The Balaban J connectivity index is 2.35. The van der Waals surface area contributed by atoms with Crippen LogP contribution in [0.1, 0.15) is 21.7 Å². The van der Waals surface area contributed by atoms with Gasteiger partial charge in [0, 0.05) is 15.9 Å². The Morgan fingerprint density at radius 1 is 1.52 bits per heavy atom. The van der Waals surface area contributed by atoms with Crippen LogP contribution >= 0.6 is 27.5 Å². The monoisotopic (exact) mass is 372 g/mol. The van der Waals surface area contributed by atoms with E-state index in [9.17, 15) is 4.79 Å². The maximum atomic E-state index is 11.7. The number of carbonyl (C=O) groups is 1. The number of carbonyl (C=O) groups excluding carboxylic acids is 1. The van der Waals surface area contributed by atoms with Crippen molar-refractivity contribution >= 4 is 33.5 Å². The van der Waals surface area contributed by atoms with E-state index in [-0.39, 0.29) is 5.69 Å². The molecule has 6 nitrogen and oxygen atoms in total. The van der Waals surface area contributed by atoms with E-state index in [4.69, 9.17) is 22.1 Å². The van der Waals surface area contributed by atoms with Crippen molar-refractivity contribution in [1.82, 2.24) is 15.0 Å². The van der Waals surface area contributed by atoms with Crippen molar-refractivity contribution in [1.29, 1.82) is 0 Å². The molecule has 21 heavy (non-hydrogen) atoms. The van der Waals surface area contributed by atoms with Gasteiger partial charge in [-0.05, 0) is 24.2 Å². The molecule has 112 valence electrons. The number of nitrogens with two attached hydrogens (primary N) is 1. The topological polar surface area (TPSA) is 83.0 Å². The number of halogens is 2. The molecule has 0 aliphatic heterocycles. The first-order chi connectivity index (χ1) is 10.1. The normalized spacial score (nSPS) is 10.7. The van der Waals surface area contributed by atoms with E-state index < -0.39 is 5.97 Å². The van der Waals surface area contributed by atoms with Gasteiger partial charge in [0.1, 0.15) is 0 Å². The molecular weight excluding hydrogens is 360 g/mol. The van der Waals surface area contributed by atoms with Crippen LogP contribution in [0.5, 0.6) is 0 Å². The summed E-state index contributed by atoms with van der Waals surface area (Å²) < 4.78 is 7.21. The molecule has 0 bridgehead atoms. The van der Waals surface area contributed by atoms with E-state index in [1.165, 1.54) is 7.11 Å².